The molecular weight excluding hydrogens is 213 g/mol. The van der Waals surface area contributed by atoms with E-state index in [0.29, 0.717) is 10.6 Å². The Labute approximate surface area is 90.9 Å². The van der Waals surface area contributed by atoms with Crippen LogP contribution in [0.5, 0.6) is 0 Å². The first kappa shape index (κ1) is 10.0. The number of aromatic nitrogens is 1. The quantitative estimate of drug-likeness (QED) is 0.578. The lowest BCUT2D eigenvalue weighted by atomic mass is 10.3. The average Bonchev–Trinajstić information content (AvgIpc) is 2.56. The van der Waals surface area contributed by atoms with E-state index in [2.05, 4.69) is 9.98 Å². The number of benzene rings is 1. The lowest BCUT2D eigenvalue weighted by Gasteiger charge is -1.99. The summed E-state index contributed by atoms with van der Waals surface area (Å²) < 4.78 is 13.8. The maximum atomic E-state index is 12.9. The molecule has 0 spiro atoms. The predicted octanol–water partition coefficient (Wildman–Crippen LogP) is 2.66. The van der Waals surface area contributed by atoms with Crippen LogP contribution in [-0.4, -0.2) is 30.3 Å². The highest BCUT2D eigenvalue weighted by atomic mass is 32.1. The first-order valence-corrected chi connectivity index (χ1v) is 5.23. The third-order valence-corrected chi connectivity index (χ3v) is 2.68. The van der Waals surface area contributed by atoms with E-state index < -0.39 is 0 Å². The number of fused-ring (bicyclic) bond motifs is 1. The molecule has 1 aromatic heterocycles. The topological polar surface area (TPSA) is 28.5 Å². The molecular formula is C10H10FN3S. The second-order valence-corrected chi connectivity index (χ2v) is 4.33. The van der Waals surface area contributed by atoms with Crippen LogP contribution in [-0.2, 0) is 0 Å². The molecule has 15 heavy (non-hydrogen) atoms. The second-order valence-electron chi connectivity index (χ2n) is 3.32. The van der Waals surface area contributed by atoms with Gasteiger partial charge in [-0.25, -0.2) is 14.4 Å². The van der Waals surface area contributed by atoms with E-state index >= 15 is 0 Å². The van der Waals surface area contributed by atoms with Gasteiger partial charge in [0, 0.05) is 20.2 Å². The van der Waals surface area contributed by atoms with Crippen LogP contribution >= 0.6 is 11.3 Å². The average molecular weight is 223 g/mol. The van der Waals surface area contributed by atoms with E-state index in [4.69, 9.17) is 0 Å². The zero-order chi connectivity index (χ0) is 10.8. The Morgan fingerprint density at radius 3 is 3.00 bits per heavy atom. The van der Waals surface area contributed by atoms with Crippen molar-refractivity contribution in [3.63, 3.8) is 0 Å². The highest BCUT2D eigenvalue weighted by Gasteiger charge is 2.02. The predicted molar refractivity (Wildman–Crippen MR) is 61.4 cm³/mol. The maximum Gasteiger partial charge on any atom is 0.211 e. The first-order valence-electron chi connectivity index (χ1n) is 4.42. The van der Waals surface area contributed by atoms with Crippen molar-refractivity contribution < 1.29 is 4.39 Å². The number of aliphatic imine (C=N–C) groups is 1. The zero-order valence-electron chi connectivity index (χ0n) is 8.44. The summed E-state index contributed by atoms with van der Waals surface area (Å²) in [5, 5.41) is 0.643. The van der Waals surface area contributed by atoms with Gasteiger partial charge in [-0.05, 0) is 12.1 Å². The normalized spacial score (nSPS) is 11.4. The van der Waals surface area contributed by atoms with E-state index in [0.717, 1.165) is 4.70 Å². The number of halogens is 1. The fraction of sp³-hybridized carbons (Fsp3) is 0.200. The lowest BCUT2D eigenvalue weighted by molar-refractivity contribution is 0.629. The van der Waals surface area contributed by atoms with E-state index in [1.54, 1.807) is 12.4 Å². The van der Waals surface area contributed by atoms with Gasteiger partial charge in [-0.1, -0.05) is 11.3 Å². The third kappa shape index (κ3) is 2.30. The number of rotatable bonds is 2. The molecule has 78 valence electrons. The number of nitrogens with zero attached hydrogens (tertiary/aromatic N) is 3. The minimum atomic E-state index is -0.268. The van der Waals surface area contributed by atoms with Gasteiger partial charge in [0.05, 0.1) is 16.6 Å². The molecule has 0 aliphatic heterocycles. The fourth-order valence-electron chi connectivity index (χ4n) is 1.11. The highest BCUT2D eigenvalue weighted by molar-refractivity contribution is 7.22. The Bertz CT molecular complexity index is 504. The van der Waals surface area contributed by atoms with E-state index in [1.165, 1.54) is 23.5 Å². The number of hydrogen-bond acceptors (Lipinski definition) is 3. The lowest BCUT2D eigenvalue weighted by Crippen LogP contribution is -2.06. The molecule has 0 bridgehead atoms. The van der Waals surface area contributed by atoms with Crippen LogP contribution in [0.25, 0.3) is 10.2 Å². The van der Waals surface area contributed by atoms with E-state index in [-0.39, 0.29) is 5.82 Å². The molecule has 0 atom stereocenters. The molecule has 5 heteroatoms. The van der Waals surface area contributed by atoms with Crippen molar-refractivity contribution in [1.29, 1.82) is 0 Å². The summed E-state index contributed by atoms with van der Waals surface area (Å²) in [6, 6.07) is 4.57. The molecule has 0 aliphatic rings. The largest absolute Gasteiger partial charge is 0.369 e. The van der Waals surface area contributed by atoms with Crippen LogP contribution in [0.1, 0.15) is 0 Å². The van der Waals surface area contributed by atoms with Gasteiger partial charge >= 0.3 is 0 Å². The van der Waals surface area contributed by atoms with Gasteiger partial charge in [0.15, 0.2) is 0 Å². The van der Waals surface area contributed by atoms with Gasteiger partial charge in [-0.2, -0.15) is 0 Å². The molecule has 0 radical (unpaired) electrons. The molecule has 0 N–H and O–H groups in total. The summed E-state index contributed by atoms with van der Waals surface area (Å²) >= 11 is 1.45. The van der Waals surface area contributed by atoms with Crippen molar-refractivity contribution >= 4 is 33.0 Å². The smallest absolute Gasteiger partial charge is 0.211 e. The summed E-state index contributed by atoms with van der Waals surface area (Å²) in [5.74, 6) is -0.268. The van der Waals surface area contributed by atoms with Crippen molar-refractivity contribution in [1.82, 2.24) is 9.88 Å². The summed E-state index contributed by atoms with van der Waals surface area (Å²) in [6.45, 7) is 0. The number of hydrogen-bond donors (Lipinski definition) is 0. The molecule has 0 unspecified atom stereocenters. The Kier molecular flexibility index (Phi) is 2.64. The molecule has 0 fully saturated rings. The molecule has 0 amide bonds. The maximum absolute atomic E-state index is 12.9. The zero-order valence-corrected chi connectivity index (χ0v) is 9.25. The van der Waals surface area contributed by atoms with Gasteiger partial charge in [0.1, 0.15) is 5.82 Å². The standard InChI is InChI=1S/C10H10FN3S/c1-14(2)6-12-10-13-8-5-7(11)3-4-9(8)15-10/h3-6H,1-2H3. The fourth-order valence-corrected chi connectivity index (χ4v) is 1.89. The second kappa shape index (κ2) is 3.94. The Morgan fingerprint density at radius 2 is 2.27 bits per heavy atom. The van der Waals surface area contributed by atoms with Gasteiger partial charge in [-0.3, -0.25) is 0 Å². The van der Waals surface area contributed by atoms with Gasteiger partial charge in [-0.15, -0.1) is 0 Å². The van der Waals surface area contributed by atoms with Crippen molar-refractivity contribution in [3.05, 3.63) is 24.0 Å². The van der Waals surface area contributed by atoms with Crippen LogP contribution in [0, 0.1) is 5.82 Å². The van der Waals surface area contributed by atoms with Crippen molar-refractivity contribution in [2.75, 3.05) is 14.1 Å². The molecule has 1 heterocycles. The molecule has 1 aromatic carbocycles. The molecule has 2 aromatic rings. The highest BCUT2D eigenvalue weighted by Crippen LogP contribution is 2.27. The van der Waals surface area contributed by atoms with Crippen LogP contribution < -0.4 is 0 Å². The molecule has 2 rings (SSSR count). The van der Waals surface area contributed by atoms with Crippen molar-refractivity contribution in [2.45, 2.75) is 0 Å². The monoisotopic (exact) mass is 223 g/mol. The van der Waals surface area contributed by atoms with Crippen LogP contribution in [0.4, 0.5) is 9.52 Å². The van der Waals surface area contributed by atoms with Crippen molar-refractivity contribution in [2.24, 2.45) is 4.99 Å². The Balaban J connectivity index is 2.39. The Hall–Kier alpha value is -1.49. The van der Waals surface area contributed by atoms with Crippen LogP contribution in [0.3, 0.4) is 0 Å². The third-order valence-electron chi connectivity index (χ3n) is 1.74. The summed E-state index contributed by atoms with van der Waals surface area (Å²) in [5.41, 5.74) is 0.658. The minimum absolute atomic E-state index is 0.268. The van der Waals surface area contributed by atoms with Crippen molar-refractivity contribution in [3.8, 4) is 0 Å². The summed E-state index contributed by atoms with van der Waals surface area (Å²) in [4.78, 5) is 10.2. The number of thiazole rings is 1. The van der Waals surface area contributed by atoms with E-state index in [1.807, 2.05) is 19.0 Å². The molecule has 3 nitrogen and oxygen atoms in total. The van der Waals surface area contributed by atoms with Crippen LogP contribution in [0.15, 0.2) is 23.2 Å². The molecule has 0 aliphatic carbocycles. The summed E-state index contributed by atoms with van der Waals surface area (Å²) in [7, 11) is 3.77. The van der Waals surface area contributed by atoms with Gasteiger partial charge in [0.2, 0.25) is 5.13 Å². The Morgan fingerprint density at radius 1 is 1.47 bits per heavy atom. The van der Waals surface area contributed by atoms with Gasteiger partial charge in [0.25, 0.3) is 0 Å². The van der Waals surface area contributed by atoms with Gasteiger partial charge < -0.3 is 4.90 Å². The molecule has 0 saturated carbocycles. The summed E-state index contributed by atoms with van der Waals surface area (Å²) in [6.07, 6.45) is 1.67. The van der Waals surface area contributed by atoms with Crippen LogP contribution in [0.2, 0.25) is 0 Å². The minimum Gasteiger partial charge on any atom is -0.369 e. The molecule has 0 saturated heterocycles. The van der Waals surface area contributed by atoms with E-state index in [9.17, 15) is 4.39 Å². The first-order chi connectivity index (χ1) is 7.15. The SMILES string of the molecule is CN(C)C=Nc1nc2cc(F)ccc2s1.